The quantitative estimate of drug-likeness (QED) is 0.736. The summed E-state index contributed by atoms with van der Waals surface area (Å²) in [7, 11) is 1.68. The van der Waals surface area contributed by atoms with Gasteiger partial charge in [-0.1, -0.05) is 26.0 Å². The summed E-state index contributed by atoms with van der Waals surface area (Å²) in [4.78, 5) is 19.2. The highest BCUT2D eigenvalue weighted by Crippen LogP contribution is 2.27. The van der Waals surface area contributed by atoms with E-state index in [9.17, 15) is 4.79 Å². The molecule has 2 aromatic carbocycles. The Morgan fingerprint density at radius 1 is 1.21 bits per heavy atom. The molecular weight excluding hydrogens is 352 g/mol. The van der Waals surface area contributed by atoms with Crippen molar-refractivity contribution in [1.82, 2.24) is 14.5 Å². The highest BCUT2D eigenvalue weighted by atomic mass is 16.5. The van der Waals surface area contributed by atoms with Gasteiger partial charge in [-0.05, 0) is 30.3 Å². The van der Waals surface area contributed by atoms with Crippen molar-refractivity contribution in [2.75, 3.05) is 19.0 Å². The van der Waals surface area contributed by atoms with Gasteiger partial charge in [0, 0.05) is 36.8 Å². The largest absolute Gasteiger partial charge is 0.496 e. The Balaban J connectivity index is 1.54. The summed E-state index contributed by atoms with van der Waals surface area (Å²) in [6, 6.07) is 14.1. The molecule has 3 aromatic rings. The zero-order valence-corrected chi connectivity index (χ0v) is 16.6. The van der Waals surface area contributed by atoms with Crippen LogP contribution in [0.2, 0.25) is 0 Å². The van der Waals surface area contributed by atoms with E-state index < -0.39 is 0 Å². The maximum Gasteiger partial charge on any atom is 0.226 e. The molecule has 28 heavy (non-hydrogen) atoms. The Kier molecular flexibility index (Phi) is 5.05. The number of hydrogen-bond acceptors (Lipinski definition) is 4. The van der Waals surface area contributed by atoms with E-state index in [1.54, 1.807) is 7.11 Å². The number of imidazole rings is 1. The van der Waals surface area contributed by atoms with Gasteiger partial charge in [0.15, 0.2) is 0 Å². The summed E-state index contributed by atoms with van der Waals surface area (Å²) >= 11 is 0. The van der Waals surface area contributed by atoms with Gasteiger partial charge in [0.05, 0.1) is 24.7 Å². The normalized spacial score (nSPS) is 14.3. The molecule has 6 nitrogen and oxygen atoms in total. The van der Waals surface area contributed by atoms with Crippen LogP contribution in [0, 0.1) is 5.92 Å². The van der Waals surface area contributed by atoms with Gasteiger partial charge in [0.2, 0.25) is 5.91 Å². The number of aromatic nitrogens is 2. The van der Waals surface area contributed by atoms with Gasteiger partial charge < -0.3 is 14.6 Å². The summed E-state index contributed by atoms with van der Waals surface area (Å²) in [6.45, 7) is 7.18. The van der Waals surface area contributed by atoms with Gasteiger partial charge >= 0.3 is 0 Å². The second kappa shape index (κ2) is 7.64. The summed E-state index contributed by atoms with van der Waals surface area (Å²) < 4.78 is 7.86. The minimum absolute atomic E-state index is 0.0165. The van der Waals surface area contributed by atoms with Crippen LogP contribution in [0.3, 0.4) is 0 Å². The van der Waals surface area contributed by atoms with Crippen molar-refractivity contribution >= 4 is 22.6 Å². The number of carbonyl (C=O) groups excluding carboxylic acids is 1. The molecular formula is C22H26N4O2. The molecule has 2 heterocycles. The summed E-state index contributed by atoms with van der Waals surface area (Å²) in [6.07, 6.45) is 0. The van der Waals surface area contributed by atoms with E-state index >= 15 is 0 Å². The number of ether oxygens (including phenoxy) is 1. The van der Waals surface area contributed by atoms with Crippen molar-refractivity contribution in [3.05, 3.63) is 53.9 Å². The lowest BCUT2D eigenvalue weighted by Crippen LogP contribution is -2.33. The summed E-state index contributed by atoms with van der Waals surface area (Å²) in [5, 5.41) is 2.97. The first-order chi connectivity index (χ1) is 13.5. The second-order valence-corrected chi connectivity index (χ2v) is 7.55. The van der Waals surface area contributed by atoms with Crippen LogP contribution in [-0.2, 0) is 24.4 Å². The van der Waals surface area contributed by atoms with Crippen LogP contribution in [0.15, 0.2) is 42.5 Å². The number of nitrogens with one attached hydrogen (secondary N) is 1. The van der Waals surface area contributed by atoms with Crippen molar-refractivity contribution in [2.24, 2.45) is 5.92 Å². The fourth-order valence-corrected chi connectivity index (χ4v) is 3.66. The average Bonchev–Trinajstić information content (AvgIpc) is 3.06. The number of benzene rings is 2. The Morgan fingerprint density at radius 2 is 2.04 bits per heavy atom. The third-order valence-corrected chi connectivity index (χ3v) is 5.20. The Bertz CT molecular complexity index is 1010. The van der Waals surface area contributed by atoms with Crippen molar-refractivity contribution < 1.29 is 9.53 Å². The number of rotatable bonds is 5. The number of amides is 1. The van der Waals surface area contributed by atoms with E-state index in [0.29, 0.717) is 0 Å². The van der Waals surface area contributed by atoms with E-state index in [0.717, 1.165) is 54.5 Å². The van der Waals surface area contributed by atoms with Gasteiger partial charge in [0.25, 0.3) is 0 Å². The van der Waals surface area contributed by atoms with E-state index in [1.807, 2.05) is 38.1 Å². The predicted molar refractivity (Wildman–Crippen MR) is 110 cm³/mol. The van der Waals surface area contributed by atoms with E-state index in [4.69, 9.17) is 9.72 Å². The third-order valence-electron chi connectivity index (χ3n) is 5.20. The molecule has 0 unspecified atom stereocenters. The van der Waals surface area contributed by atoms with E-state index in [1.165, 1.54) is 5.52 Å². The lowest BCUT2D eigenvalue weighted by Gasteiger charge is -2.28. The molecule has 1 N–H and O–H groups in total. The highest BCUT2D eigenvalue weighted by molar-refractivity contribution is 5.92. The van der Waals surface area contributed by atoms with Crippen LogP contribution >= 0.6 is 0 Å². The minimum Gasteiger partial charge on any atom is -0.496 e. The van der Waals surface area contributed by atoms with Crippen LogP contribution in [0.25, 0.3) is 11.0 Å². The van der Waals surface area contributed by atoms with Crippen LogP contribution in [0.1, 0.15) is 25.2 Å². The third kappa shape index (κ3) is 3.60. The molecule has 0 bridgehead atoms. The molecule has 146 valence electrons. The molecule has 6 heteroatoms. The van der Waals surface area contributed by atoms with Gasteiger partial charge in [-0.25, -0.2) is 4.98 Å². The molecule has 1 aliphatic heterocycles. The summed E-state index contributed by atoms with van der Waals surface area (Å²) in [5.74, 6) is 1.89. The van der Waals surface area contributed by atoms with Gasteiger partial charge in [0.1, 0.15) is 11.6 Å². The van der Waals surface area contributed by atoms with Crippen molar-refractivity contribution in [1.29, 1.82) is 0 Å². The first-order valence-corrected chi connectivity index (χ1v) is 9.69. The molecule has 1 aromatic heterocycles. The molecule has 0 spiro atoms. The lowest BCUT2D eigenvalue weighted by molar-refractivity contribution is -0.118. The SMILES string of the molecule is COc1ccc(NC(=O)C(C)C)cc1CN1CCn2c(nc3ccccc32)C1. The Hall–Kier alpha value is -2.86. The molecule has 0 fully saturated rings. The monoisotopic (exact) mass is 378 g/mol. The van der Waals surface area contributed by atoms with Crippen molar-refractivity contribution in [3.63, 3.8) is 0 Å². The van der Waals surface area contributed by atoms with Gasteiger partial charge in [-0.2, -0.15) is 0 Å². The fraction of sp³-hybridized carbons (Fsp3) is 0.364. The fourth-order valence-electron chi connectivity index (χ4n) is 3.66. The second-order valence-electron chi connectivity index (χ2n) is 7.55. The smallest absolute Gasteiger partial charge is 0.226 e. The first kappa shape index (κ1) is 18.5. The van der Waals surface area contributed by atoms with E-state index in [2.05, 4.69) is 33.0 Å². The number of anilines is 1. The van der Waals surface area contributed by atoms with Gasteiger partial charge in [-0.15, -0.1) is 0 Å². The first-order valence-electron chi connectivity index (χ1n) is 9.69. The number of methoxy groups -OCH3 is 1. The van der Waals surface area contributed by atoms with Crippen LogP contribution in [0.5, 0.6) is 5.75 Å². The lowest BCUT2D eigenvalue weighted by atomic mass is 10.1. The van der Waals surface area contributed by atoms with E-state index in [-0.39, 0.29) is 11.8 Å². The molecule has 0 atom stereocenters. The predicted octanol–water partition coefficient (Wildman–Crippen LogP) is 3.66. The van der Waals surface area contributed by atoms with Crippen molar-refractivity contribution in [3.8, 4) is 5.75 Å². The highest BCUT2D eigenvalue weighted by Gasteiger charge is 2.21. The maximum atomic E-state index is 12.0. The number of hydrogen-bond donors (Lipinski definition) is 1. The average molecular weight is 378 g/mol. The molecule has 0 aliphatic carbocycles. The number of carbonyl (C=O) groups is 1. The topological polar surface area (TPSA) is 59.4 Å². The summed E-state index contributed by atoms with van der Waals surface area (Å²) in [5.41, 5.74) is 4.12. The zero-order valence-electron chi connectivity index (χ0n) is 16.6. The van der Waals surface area contributed by atoms with Crippen LogP contribution < -0.4 is 10.1 Å². The van der Waals surface area contributed by atoms with Crippen LogP contribution in [-0.4, -0.2) is 34.0 Å². The van der Waals surface area contributed by atoms with Crippen molar-refractivity contribution in [2.45, 2.75) is 33.5 Å². The Morgan fingerprint density at radius 3 is 2.82 bits per heavy atom. The Labute approximate surface area is 165 Å². The number of para-hydroxylation sites is 2. The molecule has 1 aliphatic rings. The standard InChI is InChI=1S/C22H26N4O2/c1-15(2)22(27)23-17-8-9-20(28-3)16(12-17)13-25-10-11-26-19-7-5-4-6-18(19)24-21(26)14-25/h4-9,12,15H,10-11,13-14H2,1-3H3,(H,23,27). The number of fused-ring (bicyclic) bond motifs is 3. The molecule has 0 saturated heterocycles. The molecule has 1 amide bonds. The number of nitrogens with zero attached hydrogens (tertiary/aromatic N) is 3. The molecule has 0 saturated carbocycles. The minimum atomic E-state index is -0.0550. The van der Waals surface area contributed by atoms with Gasteiger partial charge in [-0.3, -0.25) is 9.69 Å². The zero-order chi connectivity index (χ0) is 19.7. The molecule has 4 rings (SSSR count). The van der Waals surface area contributed by atoms with Crippen LogP contribution in [0.4, 0.5) is 5.69 Å². The molecule has 0 radical (unpaired) electrons. The maximum absolute atomic E-state index is 12.0.